The lowest BCUT2D eigenvalue weighted by atomic mass is 10.5. The van der Waals surface area contributed by atoms with Crippen LogP contribution in [0, 0.1) is 0 Å². The Hall–Kier alpha value is 0.220. The van der Waals surface area contributed by atoms with Crippen LogP contribution in [0.15, 0.2) is 0 Å². The molecule has 0 aromatic heterocycles. The van der Waals surface area contributed by atoms with Gasteiger partial charge in [0.1, 0.15) is 0 Å². The van der Waals surface area contributed by atoms with Gasteiger partial charge in [-0.15, -0.1) is 0 Å². The first-order chi connectivity index (χ1) is 6.17. The molecule has 78 valence electrons. The SMILES string of the molecule is CCNS(=O)(=O)N1CCCSCC1. The first kappa shape index (κ1) is 11.3. The molecule has 0 spiro atoms. The van der Waals surface area contributed by atoms with E-state index in [1.54, 1.807) is 6.92 Å². The Labute approximate surface area is 84.3 Å². The fourth-order valence-electron chi connectivity index (χ4n) is 1.24. The molecule has 1 heterocycles. The van der Waals surface area contributed by atoms with Gasteiger partial charge in [0.25, 0.3) is 10.2 Å². The molecule has 0 radical (unpaired) electrons. The number of thioether (sulfide) groups is 1. The Morgan fingerprint density at radius 2 is 2.15 bits per heavy atom. The highest BCUT2D eigenvalue weighted by molar-refractivity contribution is 7.99. The molecule has 0 bridgehead atoms. The third-order valence-corrected chi connectivity index (χ3v) is 4.59. The van der Waals surface area contributed by atoms with Crippen LogP contribution in [0.1, 0.15) is 13.3 Å². The molecule has 13 heavy (non-hydrogen) atoms. The van der Waals surface area contributed by atoms with Crippen molar-refractivity contribution in [3.63, 3.8) is 0 Å². The molecule has 0 aromatic carbocycles. The van der Waals surface area contributed by atoms with Crippen LogP contribution in [0.3, 0.4) is 0 Å². The highest BCUT2D eigenvalue weighted by Crippen LogP contribution is 2.11. The lowest BCUT2D eigenvalue weighted by Gasteiger charge is -2.19. The highest BCUT2D eigenvalue weighted by Gasteiger charge is 2.21. The van der Waals surface area contributed by atoms with E-state index in [9.17, 15) is 8.42 Å². The van der Waals surface area contributed by atoms with Gasteiger partial charge in [0, 0.05) is 25.4 Å². The first-order valence-electron chi connectivity index (χ1n) is 4.49. The number of hydrogen-bond donors (Lipinski definition) is 1. The van der Waals surface area contributed by atoms with Gasteiger partial charge in [-0.05, 0) is 12.2 Å². The van der Waals surface area contributed by atoms with Gasteiger partial charge in [0.2, 0.25) is 0 Å². The quantitative estimate of drug-likeness (QED) is 0.749. The van der Waals surface area contributed by atoms with Crippen LogP contribution in [0.5, 0.6) is 0 Å². The summed E-state index contributed by atoms with van der Waals surface area (Å²) in [6.45, 7) is 3.55. The lowest BCUT2D eigenvalue weighted by Crippen LogP contribution is -2.41. The summed E-state index contributed by atoms with van der Waals surface area (Å²) in [6, 6.07) is 0. The summed E-state index contributed by atoms with van der Waals surface area (Å²) in [7, 11) is -3.19. The number of hydrogen-bond acceptors (Lipinski definition) is 3. The first-order valence-corrected chi connectivity index (χ1v) is 7.09. The van der Waals surface area contributed by atoms with Gasteiger partial charge >= 0.3 is 0 Å². The van der Waals surface area contributed by atoms with Crippen LogP contribution in [-0.4, -0.2) is 43.9 Å². The summed E-state index contributed by atoms with van der Waals surface area (Å²) in [6.07, 6.45) is 0.954. The maximum Gasteiger partial charge on any atom is 0.279 e. The predicted molar refractivity (Wildman–Crippen MR) is 56.1 cm³/mol. The van der Waals surface area contributed by atoms with E-state index in [1.165, 1.54) is 4.31 Å². The van der Waals surface area contributed by atoms with Crippen LogP contribution in [0.25, 0.3) is 0 Å². The van der Waals surface area contributed by atoms with Crippen LogP contribution < -0.4 is 4.72 Å². The molecule has 0 amide bonds. The van der Waals surface area contributed by atoms with E-state index in [1.807, 2.05) is 11.8 Å². The molecule has 1 N–H and O–H groups in total. The van der Waals surface area contributed by atoms with Gasteiger partial charge in [-0.2, -0.15) is 24.5 Å². The van der Waals surface area contributed by atoms with Gasteiger partial charge in [0.05, 0.1) is 0 Å². The summed E-state index contributed by atoms with van der Waals surface area (Å²) in [5.41, 5.74) is 0. The van der Waals surface area contributed by atoms with E-state index in [0.29, 0.717) is 19.6 Å². The molecule has 0 saturated carbocycles. The lowest BCUT2D eigenvalue weighted by molar-refractivity contribution is 0.426. The van der Waals surface area contributed by atoms with Gasteiger partial charge in [0.15, 0.2) is 0 Å². The average Bonchev–Trinajstić information content (AvgIpc) is 2.31. The molecule has 6 heteroatoms. The van der Waals surface area contributed by atoms with Crippen molar-refractivity contribution >= 4 is 22.0 Å². The zero-order valence-electron chi connectivity index (χ0n) is 7.82. The molecule has 1 aliphatic rings. The van der Waals surface area contributed by atoms with Crippen molar-refractivity contribution in [3.8, 4) is 0 Å². The second-order valence-corrected chi connectivity index (χ2v) is 5.85. The van der Waals surface area contributed by atoms with Gasteiger partial charge in [-0.25, -0.2) is 4.72 Å². The van der Waals surface area contributed by atoms with E-state index in [0.717, 1.165) is 17.9 Å². The maximum atomic E-state index is 11.5. The summed E-state index contributed by atoms with van der Waals surface area (Å²) >= 11 is 1.82. The second-order valence-electron chi connectivity index (χ2n) is 2.87. The largest absolute Gasteiger partial charge is 0.279 e. The normalized spacial score (nSPS) is 21.3. The fraction of sp³-hybridized carbons (Fsp3) is 1.00. The smallest absolute Gasteiger partial charge is 0.202 e. The minimum absolute atomic E-state index is 0.464. The molecule has 1 fully saturated rings. The van der Waals surface area contributed by atoms with Crippen molar-refractivity contribution in [1.29, 1.82) is 0 Å². The van der Waals surface area contributed by atoms with E-state index in [-0.39, 0.29) is 0 Å². The number of nitrogens with zero attached hydrogens (tertiary/aromatic N) is 1. The van der Waals surface area contributed by atoms with Crippen molar-refractivity contribution in [3.05, 3.63) is 0 Å². The van der Waals surface area contributed by atoms with Crippen molar-refractivity contribution in [1.82, 2.24) is 9.03 Å². The monoisotopic (exact) mass is 224 g/mol. The van der Waals surface area contributed by atoms with Gasteiger partial charge in [-0.1, -0.05) is 6.92 Å². The summed E-state index contributed by atoms with van der Waals surface area (Å²) in [4.78, 5) is 0. The molecule has 1 aliphatic heterocycles. The topological polar surface area (TPSA) is 49.4 Å². The summed E-state index contributed by atoms with van der Waals surface area (Å²) < 4.78 is 27.1. The Morgan fingerprint density at radius 3 is 2.85 bits per heavy atom. The minimum Gasteiger partial charge on any atom is -0.202 e. The van der Waals surface area contributed by atoms with Crippen LogP contribution in [-0.2, 0) is 10.2 Å². The third kappa shape index (κ3) is 3.46. The molecule has 4 nitrogen and oxygen atoms in total. The van der Waals surface area contributed by atoms with Crippen molar-refractivity contribution in [2.45, 2.75) is 13.3 Å². The average molecular weight is 224 g/mol. The number of nitrogens with one attached hydrogen (secondary N) is 1. The van der Waals surface area contributed by atoms with Crippen molar-refractivity contribution in [2.75, 3.05) is 31.1 Å². The van der Waals surface area contributed by atoms with Crippen LogP contribution >= 0.6 is 11.8 Å². The molecule has 0 aromatic rings. The minimum atomic E-state index is -3.19. The van der Waals surface area contributed by atoms with E-state index in [2.05, 4.69) is 4.72 Å². The highest BCUT2D eigenvalue weighted by atomic mass is 32.2. The summed E-state index contributed by atoms with van der Waals surface area (Å²) in [5.74, 6) is 1.97. The molecule has 0 aliphatic carbocycles. The Balaban J connectivity index is 2.57. The van der Waals surface area contributed by atoms with E-state index >= 15 is 0 Å². The molecule has 1 rings (SSSR count). The summed E-state index contributed by atoms with van der Waals surface area (Å²) in [5, 5.41) is 0. The maximum absolute atomic E-state index is 11.5. The van der Waals surface area contributed by atoms with E-state index in [4.69, 9.17) is 0 Å². The zero-order valence-corrected chi connectivity index (χ0v) is 9.46. The molecule has 0 atom stereocenters. The van der Waals surface area contributed by atoms with Crippen LogP contribution in [0.2, 0.25) is 0 Å². The Morgan fingerprint density at radius 1 is 1.38 bits per heavy atom. The molecular formula is C7H16N2O2S2. The Kier molecular flexibility index (Phi) is 4.51. The Bertz CT molecular complexity index is 233. The molecule has 1 saturated heterocycles. The number of rotatable bonds is 3. The fourth-order valence-corrected chi connectivity index (χ4v) is 3.49. The molecule has 0 unspecified atom stereocenters. The molecular weight excluding hydrogens is 208 g/mol. The van der Waals surface area contributed by atoms with E-state index < -0.39 is 10.2 Å². The van der Waals surface area contributed by atoms with Crippen molar-refractivity contribution in [2.24, 2.45) is 0 Å². The van der Waals surface area contributed by atoms with Crippen molar-refractivity contribution < 1.29 is 8.42 Å². The van der Waals surface area contributed by atoms with Gasteiger partial charge in [-0.3, -0.25) is 0 Å². The predicted octanol–water partition coefficient (Wildman–Crippen LogP) is 0.280. The standard InChI is InChI=1S/C7H16N2O2S2/c1-2-8-13(10,11)9-4-3-6-12-7-5-9/h8H,2-7H2,1H3. The second kappa shape index (κ2) is 5.19. The zero-order chi connectivity index (χ0) is 9.73. The van der Waals surface area contributed by atoms with Crippen LogP contribution in [0.4, 0.5) is 0 Å². The third-order valence-electron chi connectivity index (χ3n) is 1.85. The van der Waals surface area contributed by atoms with Gasteiger partial charge < -0.3 is 0 Å².